The number of aromatic nitrogens is 2. The molecule has 0 aliphatic carbocycles. The van der Waals surface area contributed by atoms with Crippen LogP contribution in [0.4, 0.5) is 5.69 Å². The van der Waals surface area contributed by atoms with E-state index in [0.717, 1.165) is 48.4 Å². The third kappa shape index (κ3) is 6.48. The van der Waals surface area contributed by atoms with Crippen LogP contribution < -0.4 is 10.9 Å². The Morgan fingerprint density at radius 3 is 2.82 bits per heavy atom. The first-order valence-corrected chi connectivity index (χ1v) is 11.8. The van der Waals surface area contributed by atoms with Crippen molar-refractivity contribution in [2.24, 2.45) is 0 Å². The van der Waals surface area contributed by atoms with Gasteiger partial charge in [0.2, 0.25) is 0 Å². The summed E-state index contributed by atoms with van der Waals surface area (Å²) in [5, 5.41) is 12.5. The molecule has 6 nitrogen and oxygen atoms in total. The van der Waals surface area contributed by atoms with Crippen LogP contribution >= 0.6 is 24.0 Å². The molecule has 1 aliphatic rings. The van der Waals surface area contributed by atoms with Crippen molar-refractivity contribution < 1.29 is 4.74 Å². The van der Waals surface area contributed by atoms with Gasteiger partial charge in [-0.3, -0.25) is 4.79 Å². The summed E-state index contributed by atoms with van der Waals surface area (Å²) in [6.07, 6.45) is 6.26. The minimum atomic E-state index is -0.182. The predicted octanol–water partition coefficient (Wildman–Crippen LogP) is 5.36. The molecule has 0 amide bonds. The van der Waals surface area contributed by atoms with Gasteiger partial charge in [-0.05, 0) is 57.0 Å². The summed E-state index contributed by atoms with van der Waals surface area (Å²) in [5.74, 6) is 0. The van der Waals surface area contributed by atoms with E-state index in [9.17, 15) is 4.79 Å². The second-order valence-corrected chi connectivity index (χ2v) is 8.84. The van der Waals surface area contributed by atoms with E-state index in [2.05, 4.69) is 20.4 Å². The fraction of sp³-hybridized carbons (Fsp3) is 0.440. The van der Waals surface area contributed by atoms with E-state index in [1.54, 1.807) is 0 Å². The summed E-state index contributed by atoms with van der Waals surface area (Å²) >= 11 is 6.44. The number of methoxy groups -OCH3 is 1. The first kappa shape index (κ1) is 25.5. The molecule has 0 radical (unpaired) electrons. The summed E-state index contributed by atoms with van der Waals surface area (Å²) in [5.41, 5.74) is 2.37. The van der Waals surface area contributed by atoms with Gasteiger partial charge in [-0.2, -0.15) is 5.10 Å². The largest absolute Gasteiger partial charge is 0.384 e. The van der Waals surface area contributed by atoms with Gasteiger partial charge in [-0.1, -0.05) is 42.3 Å². The van der Waals surface area contributed by atoms with E-state index in [4.69, 9.17) is 16.3 Å². The van der Waals surface area contributed by atoms with Crippen LogP contribution in [0.1, 0.15) is 32.1 Å². The zero-order valence-corrected chi connectivity index (χ0v) is 20.6. The molecule has 1 atom stereocenters. The average molecular weight is 491 g/mol. The number of fused-ring (bicyclic) bond motifs is 1. The van der Waals surface area contributed by atoms with Gasteiger partial charge in [0, 0.05) is 31.1 Å². The highest BCUT2D eigenvalue weighted by Gasteiger charge is 2.18. The van der Waals surface area contributed by atoms with E-state index in [0.29, 0.717) is 16.5 Å². The first-order chi connectivity index (χ1) is 15.7. The van der Waals surface area contributed by atoms with Crippen molar-refractivity contribution in [2.75, 3.05) is 38.6 Å². The number of benzene rings is 2. The summed E-state index contributed by atoms with van der Waals surface area (Å²) in [7, 11) is 1.82. The Labute approximate surface area is 206 Å². The van der Waals surface area contributed by atoms with Crippen LogP contribution in [0.5, 0.6) is 0 Å². The number of piperidine rings is 1. The molecular formula is C25H32Cl2N4O2. The number of rotatable bonds is 9. The Bertz CT molecular complexity index is 1110. The SMILES string of the molecule is COC1CCCN(CCCCCNc2cc(-c3n[nH]c(=O)c4ccccc34)ccc2Cl)C1.Cl. The lowest BCUT2D eigenvalue weighted by Crippen LogP contribution is -2.39. The van der Waals surface area contributed by atoms with Gasteiger partial charge >= 0.3 is 0 Å². The molecule has 1 fully saturated rings. The fourth-order valence-corrected chi connectivity index (χ4v) is 4.60. The first-order valence-electron chi connectivity index (χ1n) is 11.4. The maximum Gasteiger partial charge on any atom is 0.272 e. The van der Waals surface area contributed by atoms with Gasteiger partial charge in [-0.15, -0.1) is 12.4 Å². The van der Waals surface area contributed by atoms with Crippen molar-refractivity contribution >= 4 is 40.5 Å². The van der Waals surface area contributed by atoms with Crippen molar-refractivity contribution in [3.05, 3.63) is 57.8 Å². The maximum atomic E-state index is 12.1. The van der Waals surface area contributed by atoms with E-state index in [-0.39, 0.29) is 18.0 Å². The molecule has 178 valence electrons. The van der Waals surface area contributed by atoms with Crippen LogP contribution in [-0.4, -0.2) is 54.5 Å². The molecular weight excluding hydrogens is 459 g/mol. The zero-order valence-electron chi connectivity index (χ0n) is 19.0. The standard InChI is InChI=1S/C25H31ClN4O2.ClH/c1-32-19-8-7-15-30(17-19)14-6-2-5-13-27-23-16-18(11-12-22(23)26)24-20-9-3-4-10-21(20)25(31)29-28-24;/h3-4,9-12,16,19,27H,2,5-8,13-15,17H2,1H3,(H,29,31);1H. The average Bonchev–Trinajstić information content (AvgIpc) is 2.83. The van der Waals surface area contributed by atoms with Crippen LogP contribution in [0.25, 0.3) is 22.0 Å². The molecule has 4 rings (SSSR count). The zero-order chi connectivity index (χ0) is 22.3. The monoisotopic (exact) mass is 490 g/mol. The molecule has 1 saturated heterocycles. The second-order valence-electron chi connectivity index (χ2n) is 8.43. The van der Waals surface area contributed by atoms with E-state index in [1.165, 1.54) is 32.2 Å². The number of anilines is 1. The number of hydrogen-bond acceptors (Lipinski definition) is 5. The van der Waals surface area contributed by atoms with Gasteiger partial charge in [0.05, 0.1) is 27.9 Å². The van der Waals surface area contributed by atoms with Gasteiger partial charge < -0.3 is 15.0 Å². The molecule has 1 aromatic heterocycles. The van der Waals surface area contributed by atoms with Crippen molar-refractivity contribution in [3.63, 3.8) is 0 Å². The molecule has 0 spiro atoms. The van der Waals surface area contributed by atoms with Crippen LogP contribution in [0.3, 0.4) is 0 Å². The molecule has 0 saturated carbocycles. The van der Waals surface area contributed by atoms with Crippen LogP contribution in [0.2, 0.25) is 5.02 Å². The summed E-state index contributed by atoms with van der Waals surface area (Å²) in [4.78, 5) is 14.6. The molecule has 3 aromatic rings. The van der Waals surface area contributed by atoms with Crippen molar-refractivity contribution in [1.82, 2.24) is 15.1 Å². The summed E-state index contributed by atoms with van der Waals surface area (Å²) < 4.78 is 5.51. The number of halogens is 2. The Hall–Kier alpha value is -2.12. The number of H-pyrrole nitrogens is 1. The second kappa shape index (κ2) is 12.4. The molecule has 1 aliphatic heterocycles. The Morgan fingerprint density at radius 1 is 1.18 bits per heavy atom. The minimum absolute atomic E-state index is 0. The lowest BCUT2D eigenvalue weighted by Gasteiger charge is -2.31. The molecule has 33 heavy (non-hydrogen) atoms. The molecule has 8 heteroatoms. The molecule has 2 N–H and O–H groups in total. The number of hydrogen-bond donors (Lipinski definition) is 2. The maximum absolute atomic E-state index is 12.1. The van der Waals surface area contributed by atoms with Crippen molar-refractivity contribution in [1.29, 1.82) is 0 Å². The summed E-state index contributed by atoms with van der Waals surface area (Å²) in [6, 6.07) is 13.3. The molecule has 1 unspecified atom stereocenters. The van der Waals surface area contributed by atoms with Crippen molar-refractivity contribution in [3.8, 4) is 11.3 Å². The number of likely N-dealkylation sites (tertiary alicyclic amines) is 1. The number of nitrogens with zero attached hydrogens (tertiary/aromatic N) is 2. The van der Waals surface area contributed by atoms with Gasteiger partial charge in [0.15, 0.2) is 0 Å². The Morgan fingerprint density at radius 2 is 2.00 bits per heavy atom. The van der Waals surface area contributed by atoms with Gasteiger partial charge in [-0.25, -0.2) is 5.10 Å². The highest BCUT2D eigenvalue weighted by Crippen LogP contribution is 2.30. The topological polar surface area (TPSA) is 70.2 Å². The molecule has 2 aromatic carbocycles. The third-order valence-corrected chi connectivity index (χ3v) is 6.53. The minimum Gasteiger partial charge on any atom is -0.384 e. The molecule has 2 heterocycles. The van der Waals surface area contributed by atoms with Crippen LogP contribution in [-0.2, 0) is 4.74 Å². The summed E-state index contributed by atoms with van der Waals surface area (Å²) in [6.45, 7) is 4.25. The Kier molecular flexibility index (Phi) is 9.56. The highest BCUT2D eigenvalue weighted by atomic mass is 35.5. The number of aromatic amines is 1. The lowest BCUT2D eigenvalue weighted by molar-refractivity contribution is 0.0309. The highest BCUT2D eigenvalue weighted by molar-refractivity contribution is 6.33. The lowest BCUT2D eigenvalue weighted by atomic mass is 10.0. The van der Waals surface area contributed by atoms with Crippen LogP contribution in [0.15, 0.2) is 47.3 Å². The van der Waals surface area contributed by atoms with Gasteiger partial charge in [0.1, 0.15) is 0 Å². The van der Waals surface area contributed by atoms with E-state index >= 15 is 0 Å². The van der Waals surface area contributed by atoms with Gasteiger partial charge in [0.25, 0.3) is 5.56 Å². The number of nitrogens with one attached hydrogen (secondary N) is 2. The predicted molar refractivity (Wildman–Crippen MR) is 139 cm³/mol. The quantitative estimate of drug-likeness (QED) is 0.395. The number of ether oxygens (including phenoxy) is 1. The number of unbranched alkanes of at least 4 members (excludes halogenated alkanes) is 2. The third-order valence-electron chi connectivity index (χ3n) is 6.20. The Balaban J connectivity index is 0.00000306. The van der Waals surface area contributed by atoms with E-state index < -0.39 is 0 Å². The van der Waals surface area contributed by atoms with E-state index in [1.807, 2.05) is 49.6 Å². The fourth-order valence-electron chi connectivity index (χ4n) is 4.41. The normalized spacial score (nSPS) is 16.5. The molecule has 0 bridgehead atoms. The smallest absolute Gasteiger partial charge is 0.272 e. The van der Waals surface area contributed by atoms with Crippen LogP contribution in [0, 0.1) is 0 Å². The van der Waals surface area contributed by atoms with Crippen molar-refractivity contribution in [2.45, 2.75) is 38.2 Å².